The minimum atomic E-state index is -0.406. The number of halogens is 1. The van der Waals surface area contributed by atoms with Gasteiger partial charge in [-0.2, -0.15) is 0 Å². The standard InChI is InChI=1S/C18H16BrN3O5S/c1-27-15(24)8-11-9-28-18(20-11)21-14(23)3-2-6-22-16(25)12-5-4-10(19)7-13(12)17(22)26/h4-5,7,9H,2-3,6,8H2,1H3,(H,20,21,23). The molecule has 0 spiro atoms. The van der Waals surface area contributed by atoms with Crippen LogP contribution in [-0.4, -0.2) is 47.2 Å². The van der Waals surface area contributed by atoms with Gasteiger partial charge in [-0.1, -0.05) is 15.9 Å². The first-order chi connectivity index (χ1) is 13.4. The Kier molecular flexibility index (Phi) is 6.20. The highest BCUT2D eigenvalue weighted by Crippen LogP contribution is 2.26. The topological polar surface area (TPSA) is 106 Å². The zero-order valence-electron chi connectivity index (χ0n) is 14.9. The molecule has 3 rings (SSSR count). The van der Waals surface area contributed by atoms with Crippen LogP contribution in [0, 0.1) is 0 Å². The lowest BCUT2D eigenvalue weighted by molar-refractivity contribution is -0.139. The van der Waals surface area contributed by atoms with E-state index < -0.39 is 5.97 Å². The molecule has 1 aliphatic heterocycles. The molecule has 0 bridgehead atoms. The molecule has 1 aliphatic rings. The number of carbonyl (C=O) groups is 4. The molecule has 28 heavy (non-hydrogen) atoms. The Balaban J connectivity index is 1.49. The van der Waals surface area contributed by atoms with Gasteiger partial charge in [0.2, 0.25) is 5.91 Å². The van der Waals surface area contributed by atoms with Gasteiger partial charge < -0.3 is 10.1 Å². The number of methoxy groups -OCH3 is 1. The van der Waals surface area contributed by atoms with Crippen LogP contribution in [0.5, 0.6) is 0 Å². The van der Waals surface area contributed by atoms with Crippen LogP contribution in [0.2, 0.25) is 0 Å². The number of benzene rings is 1. The van der Waals surface area contributed by atoms with Crippen LogP contribution in [-0.2, 0) is 20.7 Å². The van der Waals surface area contributed by atoms with E-state index in [2.05, 4.69) is 31.0 Å². The van der Waals surface area contributed by atoms with Crippen LogP contribution < -0.4 is 5.32 Å². The lowest BCUT2D eigenvalue weighted by atomic mass is 10.1. The maximum absolute atomic E-state index is 12.4. The van der Waals surface area contributed by atoms with E-state index in [4.69, 9.17) is 0 Å². The zero-order chi connectivity index (χ0) is 20.3. The summed E-state index contributed by atoms with van der Waals surface area (Å²) >= 11 is 4.50. The average molecular weight is 466 g/mol. The van der Waals surface area contributed by atoms with Gasteiger partial charge in [0.25, 0.3) is 11.8 Å². The number of thiazole rings is 1. The fraction of sp³-hybridized carbons (Fsp3) is 0.278. The van der Waals surface area contributed by atoms with Crippen LogP contribution in [0.25, 0.3) is 0 Å². The van der Waals surface area contributed by atoms with Crippen molar-refractivity contribution in [1.29, 1.82) is 0 Å². The Hall–Kier alpha value is -2.59. The molecule has 1 aromatic heterocycles. The molecule has 0 fully saturated rings. The number of amides is 3. The van der Waals surface area contributed by atoms with E-state index in [9.17, 15) is 19.2 Å². The molecule has 146 valence electrons. The molecule has 0 saturated heterocycles. The first-order valence-electron chi connectivity index (χ1n) is 8.36. The molecular weight excluding hydrogens is 450 g/mol. The van der Waals surface area contributed by atoms with Crippen molar-refractivity contribution in [3.05, 3.63) is 44.9 Å². The second-order valence-corrected chi connectivity index (χ2v) is 7.77. The molecule has 8 nitrogen and oxygen atoms in total. The molecule has 1 N–H and O–H groups in total. The minimum absolute atomic E-state index is 0.0404. The van der Waals surface area contributed by atoms with Crippen molar-refractivity contribution in [2.45, 2.75) is 19.3 Å². The van der Waals surface area contributed by atoms with E-state index in [0.717, 1.165) is 9.37 Å². The van der Waals surface area contributed by atoms with E-state index in [-0.39, 0.29) is 37.1 Å². The second kappa shape index (κ2) is 8.61. The summed E-state index contributed by atoms with van der Waals surface area (Å²) in [5.41, 5.74) is 1.26. The van der Waals surface area contributed by atoms with Crippen molar-refractivity contribution in [3.8, 4) is 0 Å². The lowest BCUT2D eigenvalue weighted by Gasteiger charge is -2.13. The van der Waals surface area contributed by atoms with Crippen molar-refractivity contribution >= 4 is 56.1 Å². The summed E-state index contributed by atoms with van der Waals surface area (Å²) < 4.78 is 5.30. The largest absolute Gasteiger partial charge is 0.469 e. The molecule has 0 saturated carbocycles. The summed E-state index contributed by atoms with van der Waals surface area (Å²) in [7, 11) is 1.30. The number of esters is 1. The van der Waals surface area contributed by atoms with Gasteiger partial charge in [0.1, 0.15) is 0 Å². The smallest absolute Gasteiger partial charge is 0.311 e. The molecular formula is C18H16BrN3O5S. The Labute approximate surface area is 173 Å². The summed E-state index contributed by atoms with van der Waals surface area (Å²) in [6, 6.07) is 4.95. The zero-order valence-corrected chi connectivity index (χ0v) is 17.3. The summed E-state index contributed by atoms with van der Waals surface area (Å²) in [6.07, 6.45) is 0.501. The molecule has 0 unspecified atom stereocenters. The highest BCUT2D eigenvalue weighted by atomic mass is 79.9. The Bertz CT molecular complexity index is 958. The van der Waals surface area contributed by atoms with Gasteiger partial charge in [0.05, 0.1) is 30.4 Å². The van der Waals surface area contributed by atoms with Crippen molar-refractivity contribution < 1.29 is 23.9 Å². The number of imide groups is 1. The number of carbonyl (C=O) groups excluding carboxylic acids is 4. The summed E-state index contributed by atoms with van der Waals surface area (Å²) in [6.45, 7) is 0.156. The first kappa shape index (κ1) is 20.2. The van der Waals surface area contributed by atoms with Crippen molar-refractivity contribution in [2.24, 2.45) is 0 Å². The minimum Gasteiger partial charge on any atom is -0.469 e. The van der Waals surface area contributed by atoms with Crippen molar-refractivity contribution in [3.63, 3.8) is 0 Å². The SMILES string of the molecule is COC(=O)Cc1csc(NC(=O)CCCN2C(=O)c3ccc(Br)cc3C2=O)n1. The number of rotatable bonds is 7. The molecule has 10 heteroatoms. The molecule has 0 atom stereocenters. The summed E-state index contributed by atoms with van der Waals surface area (Å²) in [5, 5.41) is 4.70. The van der Waals surface area contributed by atoms with Crippen LogP contribution in [0.1, 0.15) is 39.3 Å². The number of anilines is 1. The molecule has 3 amide bonds. The molecule has 1 aromatic carbocycles. The second-order valence-electron chi connectivity index (χ2n) is 6.00. The van der Waals surface area contributed by atoms with Crippen molar-refractivity contribution in [2.75, 3.05) is 19.0 Å². The predicted octanol–water partition coefficient (Wildman–Crippen LogP) is 2.64. The van der Waals surface area contributed by atoms with Crippen LogP contribution in [0.4, 0.5) is 5.13 Å². The highest BCUT2D eigenvalue weighted by molar-refractivity contribution is 9.10. The fourth-order valence-electron chi connectivity index (χ4n) is 2.71. The quantitative estimate of drug-likeness (QED) is 0.497. The van der Waals surface area contributed by atoms with Crippen LogP contribution in [0.15, 0.2) is 28.1 Å². The monoisotopic (exact) mass is 465 g/mol. The summed E-state index contributed by atoms with van der Waals surface area (Å²) in [4.78, 5) is 53.3. The fourth-order valence-corrected chi connectivity index (χ4v) is 3.80. The maximum Gasteiger partial charge on any atom is 0.311 e. The number of ether oxygens (including phenoxy) is 1. The number of nitrogens with one attached hydrogen (secondary N) is 1. The molecule has 2 heterocycles. The van der Waals surface area contributed by atoms with Gasteiger partial charge in [-0.15, -0.1) is 11.3 Å². The normalized spacial score (nSPS) is 12.9. The predicted molar refractivity (Wildman–Crippen MR) is 105 cm³/mol. The number of hydrogen-bond donors (Lipinski definition) is 1. The molecule has 2 aromatic rings. The average Bonchev–Trinajstić information content (AvgIpc) is 3.19. The van der Waals surface area contributed by atoms with Crippen LogP contribution in [0.3, 0.4) is 0 Å². The Morgan fingerprint density at radius 2 is 2.00 bits per heavy atom. The number of fused-ring (bicyclic) bond motifs is 1. The van der Waals surface area contributed by atoms with Gasteiger partial charge in [-0.25, -0.2) is 4.98 Å². The Morgan fingerprint density at radius 1 is 1.25 bits per heavy atom. The van der Waals surface area contributed by atoms with Crippen LogP contribution >= 0.6 is 27.3 Å². The van der Waals surface area contributed by atoms with E-state index in [1.807, 2.05) is 0 Å². The summed E-state index contributed by atoms with van der Waals surface area (Å²) in [5.74, 6) is -1.39. The van der Waals surface area contributed by atoms with Gasteiger partial charge >= 0.3 is 5.97 Å². The third-order valence-electron chi connectivity index (χ3n) is 4.07. The van der Waals surface area contributed by atoms with Gasteiger partial charge in [-0.3, -0.25) is 24.1 Å². The third-order valence-corrected chi connectivity index (χ3v) is 5.37. The van der Waals surface area contributed by atoms with E-state index in [1.54, 1.807) is 23.6 Å². The lowest BCUT2D eigenvalue weighted by Crippen LogP contribution is -2.31. The first-order valence-corrected chi connectivity index (χ1v) is 10.0. The highest BCUT2D eigenvalue weighted by Gasteiger charge is 2.35. The molecule has 0 radical (unpaired) electrons. The van der Waals surface area contributed by atoms with E-state index in [0.29, 0.717) is 28.4 Å². The number of nitrogens with zero attached hydrogens (tertiary/aromatic N) is 2. The Morgan fingerprint density at radius 3 is 2.75 bits per heavy atom. The number of aromatic nitrogens is 1. The van der Waals surface area contributed by atoms with Gasteiger partial charge in [0, 0.05) is 22.8 Å². The van der Waals surface area contributed by atoms with Gasteiger partial charge in [-0.05, 0) is 24.6 Å². The van der Waals surface area contributed by atoms with E-state index in [1.165, 1.54) is 18.4 Å². The number of hydrogen-bond acceptors (Lipinski definition) is 7. The molecule has 0 aliphatic carbocycles. The maximum atomic E-state index is 12.4. The third kappa shape index (κ3) is 4.45. The van der Waals surface area contributed by atoms with Gasteiger partial charge in [0.15, 0.2) is 5.13 Å². The van der Waals surface area contributed by atoms with E-state index >= 15 is 0 Å². The van der Waals surface area contributed by atoms with Crippen molar-refractivity contribution in [1.82, 2.24) is 9.88 Å².